The first-order valence-corrected chi connectivity index (χ1v) is 7.84. The number of amides is 2. The molecule has 0 fully saturated rings. The third kappa shape index (κ3) is 4.24. The van der Waals surface area contributed by atoms with Crippen LogP contribution in [0.15, 0.2) is 18.3 Å². The van der Waals surface area contributed by atoms with Crippen LogP contribution in [0.4, 0.5) is 5.69 Å². The molecule has 0 aliphatic rings. The number of aryl methyl sites for hydroxylation is 1. The zero-order valence-corrected chi connectivity index (χ0v) is 15.4. The summed E-state index contributed by atoms with van der Waals surface area (Å²) >= 11 is 0. The van der Waals surface area contributed by atoms with Gasteiger partial charge in [-0.15, -0.1) is 5.10 Å². The molecular formula is C17H21N5O4. The lowest BCUT2D eigenvalue weighted by Gasteiger charge is -2.11. The van der Waals surface area contributed by atoms with E-state index in [1.165, 1.54) is 22.9 Å². The fraction of sp³-hybridized carbons (Fsp3) is 0.353. The number of rotatable bonds is 5. The lowest BCUT2D eigenvalue weighted by atomic mass is 10.0. The molecule has 0 saturated carbocycles. The van der Waals surface area contributed by atoms with Gasteiger partial charge in [-0.1, -0.05) is 5.21 Å². The number of likely N-dealkylation sites (N-methyl/N-ethyl adjacent to an activating group) is 1. The minimum atomic E-state index is -0.493. The molecule has 0 spiro atoms. The Kier molecular flexibility index (Phi) is 5.71. The summed E-state index contributed by atoms with van der Waals surface area (Å²) in [5, 5.41) is 10.2. The number of benzene rings is 1. The molecule has 1 aromatic heterocycles. The van der Waals surface area contributed by atoms with Gasteiger partial charge < -0.3 is 15.0 Å². The molecule has 1 aromatic carbocycles. The first kappa shape index (κ1) is 19.1. The molecule has 9 heteroatoms. The minimum absolute atomic E-state index is 0.0105. The van der Waals surface area contributed by atoms with Crippen molar-refractivity contribution in [3.05, 3.63) is 40.7 Å². The molecule has 0 unspecified atom stereocenters. The number of methoxy groups -OCH3 is 1. The molecule has 138 valence electrons. The molecular weight excluding hydrogens is 338 g/mol. The van der Waals surface area contributed by atoms with E-state index in [0.717, 1.165) is 11.1 Å². The van der Waals surface area contributed by atoms with E-state index in [4.69, 9.17) is 4.74 Å². The van der Waals surface area contributed by atoms with E-state index in [-0.39, 0.29) is 18.1 Å². The van der Waals surface area contributed by atoms with Crippen LogP contribution < -0.4 is 5.32 Å². The number of anilines is 1. The summed E-state index contributed by atoms with van der Waals surface area (Å²) in [6, 6.07) is 3.30. The standard InChI is InChI=1S/C17H21N5O4/c1-10-6-12(7-13(11(10)2)17(25)26-5)18-16(24)14-8-22(20-19-14)9-15(23)21(3)4/h6-8H,9H2,1-5H3,(H,18,24). The molecule has 0 saturated heterocycles. The maximum absolute atomic E-state index is 12.4. The highest BCUT2D eigenvalue weighted by Gasteiger charge is 2.16. The Morgan fingerprint density at radius 2 is 1.92 bits per heavy atom. The summed E-state index contributed by atoms with van der Waals surface area (Å²) in [6.45, 7) is 3.63. The Labute approximate surface area is 150 Å². The van der Waals surface area contributed by atoms with Crippen LogP contribution >= 0.6 is 0 Å². The Bertz CT molecular complexity index is 857. The first-order valence-electron chi connectivity index (χ1n) is 7.84. The predicted octanol–water partition coefficient (Wildman–Crippen LogP) is 1.02. The largest absolute Gasteiger partial charge is 0.465 e. The Hall–Kier alpha value is -3.23. The van der Waals surface area contributed by atoms with Gasteiger partial charge in [0.2, 0.25) is 5.91 Å². The highest BCUT2D eigenvalue weighted by Crippen LogP contribution is 2.21. The van der Waals surface area contributed by atoms with Crippen molar-refractivity contribution in [2.75, 3.05) is 26.5 Å². The summed E-state index contributed by atoms with van der Waals surface area (Å²) in [7, 11) is 4.56. The van der Waals surface area contributed by atoms with Crippen molar-refractivity contribution in [3.63, 3.8) is 0 Å². The molecule has 2 rings (SSSR count). The van der Waals surface area contributed by atoms with Crippen molar-refractivity contribution < 1.29 is 19.1 Å². The lowest BCUT2D eigenvalue weighted by molar-refractivity contribution is -0.129. The van der Waals surface area contributed by atoms with Crippen LogP contribution in [0, 0.1) is 13.8 Å². The van der Waals surface area contributed by atoms with Gasteiger partial charge in [0.15, 0.2) is 5.69 Å². The number of hydrogen-bond acceptors (Lipinski definition) is 6. The number of carbonyl (C=O) groups excluding carboxylic acids is 3. The Morgan fingerprint density at radius 3 is 2.54 bits per heavy atom. The minimum Gasteiger partial charge on any atom is -0.465 e. The molecule has 2 aromatic rings. The van der Waals surface area contributed by atoms with E-state index < -0.39 is 11.9 Å². The summed E-state index contributed by atoms with van der Waals surface area (Å²) in [6.07, 6.45) is 1.39. The Balaban J connectivity index is 2.18. The quantitative estimate of drug-likeness (QED) is 0.799. The van der Waals surface area contributed by atoms with Crippen LogP contribution in [0.5, 0.6) is 0 Å². The highest BCUT2D eigenvalue weighted by atomic mass is 16.5. The fourth-order valence-electron chi connectivity index (χ4n) is 2.21. The summed E-state index contributed by atoms with van der Waals surface area (Å²) in [4.78, 5) is 37.3. The summed E-state index contributed by atoms with van der Waals surface area (Å²) in [5.41, 5.74) is 2.50. The number of aromatic nitrogens is 3. The van der Waals surface area contributed by atoms with Gasteiger partial charge in [-0.05, 0) is 37.1 Å². The predicted molar refractivity (Wildman–Crippen MR) is 93.9 cm³/mol. The number of nitrogens with one attached hydrogen (secondary N) is 1. The molecule has 0 radical (unpaired) electrons. The van der Waals surface area contributed by atoms with E-state index in [1.807, 2.05) is 6.92 Å². The van der Waals surface area contributed by atoms with Crippen LogP contribution in [-0.2, 0) is 16.1 Å². The molecule has 0 aliphatic carbocycles. The molecule has 1 heterocycles. The molecule has 9 nitrogen and oxygen atoms in total. The van der Waals surface area contributed by atoms with E-state index in [1.54, 1.807) is 33.2 Å². The topological polar surface area (TPSA) is 106 Å². The number of esters is 1. The monoisotopic (exact) mass is 359 g/mol. The van der Waals surface area contributed by atoms with E-state index in [0.29, 0.717) is 11.3 Å². The molecule has 0 bridgehead atoms. The Morgan fingerprint density at radius 1 is 1.23 bits per heavy atom. The average Bonchev–Trinajstić information content (AvgIpc) is 3.05. The van der Waals surface area contributed by atoms with E-state index in [9.17, 15) is 14.4 Å². The van der Waals surface area contributed by atoms with Crippen molar-refractivity contribution in [2.24, 2.45) is 0 Å². The summed E-state index contributed by atoms with van der Waals surface area (Å²) in [5.74, 6) is -1.14. The van der Waals surface area contributed by atoms with Crippen molar-refractivity contribution in [3.8, 4) is 0 Å². The van der Waals surface area contributed by atoms with E-state index >= 15 is 0 Å². The van der Waals surface area contributed by atoms with Gasteiger partial charge in [-0.3, -0.25) is 9.59 Å². The van der Waals surface area contributed by atoms with Crippen molar-refractivity contribution >= 4 is 23.5 Å². The third-order valence-corrected chi connectivity index (χ3v) is 3.90. The maximum atomic E-state index is 12.4. The van der Waals surface area contributed by atoms with E-state index in [2.05, 4.69) is 15.6 Å². The van der Waals surface area contributed by atoms with Crippen LogP contribution in [0.3, 0.4) is 0 Å². The third-order valence-electron chi connectivity index (χ3n) is 3.90. The number of ether oxygens (including phenoxy) is 1. The van der Waals surface area contributed by atoms with Crippen molar-refractivity contribution in [1.82, 2.24) is 19.9 Å². The molecule has 26 heavy (non-hydrogen) atoms. The zero-order valence-electron chi connectivity index (χ0n) is 15.4. The second kappa shape index (κ2) is 7.77. The van der Waals surface area contributed by atoms with Gasteiger partial charge in [0.25, 0.3) is 5.91 Å². The fourth-order valence-corrected chi connectivity index (χ4v) is 2.21. The second-order valence-corrected chi connectivity index (χ2v) is 6.00. The number of nitrogens with zero attached hydrogens (tertiary/aromatic N) is 4. The second-order valence-electron chi connectivity index (χ2n) is 6.00. The molecule has 0 atom stereocenters. The van der Waals surface area contributed by atoms with Gasteiger partial charge >= 0.3 is 5.97 Å². The van der Waals surface area contributed by atoms with Gasteiger partial charge in [-0.2, -0.15) is 0 Å². The number of hydrogen-bond donors (Lipinski definition) is 1. The normalized spacial score (nSPS) is 10.3. The van der Waals surface area contributed by atoms with Gasteiger partial charge in [0.05, 0.1) is 18.9 Å². The molecule has 1 N–H and O–H groups in total. The number of carbonyl (C=O) groups is 3. The summed E-state index contributed by atoms with van der Waals surface area (Å²) < 4.78 is 6.05. The smallest absolute Gasteiger partial charge is 0.338 e. The van der Waals surface area contributed by atoms with Crippen LogP contribution in [0.2, 0.25) is 0 Å². The highest BCUT2D eigenvalue weighted by molar-refractivity contribution is 6.03. The van der Waals surface area contributed by atoms with Gasteiger partial charge in [-0.25, -0.2) is 9.48 Å². The SMILES string of the molecule is COC(=O)c1cc(NC(=O)c2cn(CC(=O)N(C)C)nn2)cc(C)c1C. The lowest BCUT2D eigenvalue weighted by Crippen LogP contribution is -2.26. The van der Waals surface area contributed by atoms with Crippen LogP contribution in [0.25, 0.3) is 0 Å². The van der Waals surface area contributed by atoms with Crippen LogP contribution in [0.1, 0.15) is 32.0 Å². The molecule has 2 amide bonds. The molecule has 0 aliphatic heterocycles. The van der Waals surface area contributed by atoms with Crippen molar-refractivity contribution in [1.29, 1.82) is 0 Å². The van der Waals surface area contributed by atoms with Crippen molar-refractivity contribution in [2.45, 2.75) is 20.4 Å². The maximum Gasteiger partial charge on any atom is 0.338 e. The average molecular weight is 359 g/mol. The first-order chi connectivity index (χ1) is 12.2. The van der Waals surface area contributed by atoms with Gasteiger partial charge in [0.1, 0.15) is 6.54 Å². The van der Waals surface area contributed by atoms with Gasteiger partial charge in [0, 0.05) is 19.8 Å². The zero-order chi connectivity index (χ0) is 19.4. The van der Waals surface area contributed by atoms with Crippen LogP contribution in [-0.4, -0.2) is 58.9 Å².